The number of imidazole rings is 1. The number of rotatable bonds is 1. The maximum absolute atomic E-state index is 4.67. The van der Waals surface area contributed by atoms with Gasteiger partial charge in [0.25, 0.3) is 0 Å². The average molecular weight is 263 g/mol. The molecule has 0 spiro atoms. The molecule has 1 radical (unpaired) electrons. The third-order valence-electron chi connectivity index (χ3n) is 3.66. The fraction of sp³-hybridized carbons (Fsp3) is 0.222. The van der Waals surface area contributed by atoms with Gasteiger partial charge in [0.2, 0.25) is 0 Å². The summed E-state index contributed by atoms with van der Waals surface area (Å²) in [5.41, 5.74) is 4.64. The van der Waals surface area contributed by atoms with E-state index < -0.39 is 0 Å². The van der Waals surface area contributed by atoms with E-state index >= 15 is 0 Å². The summed E-state index contributed by atoms with van der Waals surface area (Å²) in [6.45, 7) is 6.66. The third kappa shape index (κ3) is 2.11. The van der Waals surface area contributed by atoms with E-state index in [1.165, 1.54) is 5.56 Å². The molecule has 1 aromatic heterocycles. The smallest absolute Gasteiger partial charge is 0.141 e. The minimum atomic E-state index is 0.170. The quantitative estimate of drug-likeness (QED) is 0.625. The van der Waals surface area contributed by atoms with Gasteiger partial charge in [-0.05, 0) is 23.1 Å². The van der Waals surface area contributed by atoms with Gasteiger partial charge in [-0.1, -0.05) is 57.2 Å². The molecule has 0 aliphatic heterocycles. The van der Waals surface area contributed by atoms with Gasteiger partial charge in [-0.25, -0.2) is 4.98 Å². The molecule has 2 nitrogen and oxygen atoms in total. The Morgan fingerprint density at radius 1 is 0.950 bits per heavy atom. The van der Waals surface area contributed by atoms with E-state index in [1.807, 2.05) is 28.8 Å². The molecule has 0 N–H and O–H groups in total. The molecular weight excluding hydrogens is 244 g/mol. The standard InChI is InChI=1S/C18H19N2/c1-18(2,3)14-11-9-13(10-12-14)17-19-15-7-5-6-8-16(15)20(17)4/h5-12H,4H2,1-3H3. The zero-order valence-corrected chi connectivity index (χ0v) is 12.2. The highest BCUT2D eigenvalue weighted by molar-refractivity contribution is 5.80. The predicted octanol–water partition coefficient (Wildman–Crippen LogP) is 4.64. The van der Waals surface area contributed by atoms with Crippen molar-refractivity contribution in [1.29, 1.82) is 0 Å². The maximum atomic E-state index is 4.67. The first-order chi connectivity index (χ1) is 9.47. The number of aromatic nitrogens is 2. The molecule has 101 valence electrons. The van der Waals surface area contributed by atoms with Crippen molar-refractivity contribution in [3.8, 4) is 11.4 Å². The van der Waals surface area contributed by atoms with Crippen LogP contribution in [0.25, 0.3) is 22.4 Å². The Morgan fingerprint density at radius 2 is 1.60 bits per heavy atom. The fourth-order valence-electron chi connectivity index (χ4n) is 2.42. The first-order valence-corrected chi connectivity index (χ1v) is 6.86. The van der Waals surface area contributed by atoms with Gasteiger partial charge >= 0.3 is 0 Å². The van der Waals surface area contributed by atoms with Crippen LogP contribution in [0.4, 0.5) is 0 Å². The summed E-state index contributed by atoms with van der Waals surface area (Å²) in [6, 6.07) is 16.7. The van der Waals surface area contributed by atoms with E-state index in [0.717, 1.165) is 22.4 Å². The van der Waals surface area contributed by atoms with Gasteiger partial charge in [-0.2, -0.15) is 0 Å². The Kier molecular flexibility index (Phi) is 2.89. The molecule has 0 atom stereocenters. The molecule has 0 bridgehead atoms. The van der Waals surface area contributed by atoms with Crippen LogP contribution >= 0.6 is 0 Å². The van der Waals surface area contributed by atoms with Crippen LogP contribution in [-0.4, -0.2) is 9.55 Å². The van der Waals surface area contributed by atoms with Gasteiger partial charge in [0, 0.05) is 12.6 Å². The van der Waals surface area contributed by atoms with Crippen LogP contribution in [0.1, 0.15) is 26.3 Å². The Hall–Kier alpha value is -2.09. The Balaban J connectivity index is 2.09. The fourth-order valence-corrected chi connectivity index (χ4v) is 2.42. The molecule has 0 saturated carbocycles. The molecule has 0 aliphatic rings. The van der Waals surface area contributed by atoms with Crippen molar-refractivity contribution in [1.82, 2.24) is 9.55 Å². The minimum absolute atomic E-state index is 0.170. The van der Waals surface area contributed by atoms with Gasteiger partial charge in [0.15, 0.2) is 0 Å². The van der Waals surface area contributed by atoms with Gasteiger partial charge in [0.1, 0.15) is 5.82 Å². The lowest BCUT2D eigenvalue weighted by molar-refractivity contribution is 0.590. The number of para-hydroxylation sites is 2. The van der Waals surface area contributed by atoms with Gasteiger partial charge in [0.05, 0.1) is 11.0 Å². The summed E-state index contributed by atoms with van der Waals surface area (Å²) in [5, 5.41) is 0. The summed E-state index contributed by atoms with van der Waals surface area (Å²) < 4.78 is 1.90. The van der Waals surface area contributed by atoms with Crippen LogP contribution in [0.2, 0.25) is 0 Å². The van der Waals surface area contributed by atoms with Gasteiger partial charge < -0.3 is 4.57 Å². The monoisotopic (exact) mass is 263 g/mol. The van der Waals surface area contributed by atoms with E-state index in [-0.39, 0.29) is 5.41 Å². The minimum Gasteiger partial charge on any atom is -0.322 e. The Morgan fingerprint density at radius 3 is 2.20 bits per heavy atom. The summed E-state index contributed by atoms with van der Waals surface area (Å²) in [4.78, 5) is 4.67. The number of benzene rings is 2. The summed E-state index contributed by atoms with van der Waals surface area (Å²) in [5.74, 6) is 0.909. The molecule has 0 amide bonds. The van der Waals surface area contributed by atoms with Crippen molar-refractivity contribution < 1.29 is 0 Å². The second-order valence-electron chi connectivity index (χ2n) is 6.18. The van der Waals surface area contributed by atoms with E-state index in [0.29, 0.717) is 0 Å². The van der Waals surface area contributed by atoms with E-state index in [1.54, 1.807) is 0 Å². The van der Waals surface area contributed by atoms with Crippen molar-refractivity contribution >= 4 is 11.0 Å². The van der Waals surface area contributed by atoms with Crippen LogP contribution in [0.15, 0.2) is 48.5 Å². The van der Waals surface area contributed by atoms with Crippen molar-refractivity contribution in [3.05, 3.63) is 61.1 Å². The van der Waals surface area contributed by atoms with Gasteiger partial charge in [-0.3, -0.25) is 0 Å². The first-order valence-electron chi connectivity index (χ1n) is 6.86. The molecule has 3 aromatic rings. The lowest BCUT2D eigenvalue weighted by Gasteiger charge is -2.19. The highest BCUT2D eigenvalue weighted by Crippen LogP contribution is 2.27. The molecule has 0 unspecified atom stereocenters. The highest BCUT2D eigenvalue weighted by Gasteiger charge is 2.14. The van der Waals surface area contributed by atoms with Crippen molar-refractivity contribution in [2.75, 3.05) is 0 Å². The second-order valence-corrected chi connectivity index (χ2v) is 6.18. The van der Waals surface area contributed by atoms with Crippen LogP contribution in [0.3, 0.4) is 0 Å². The number of fused-ring (bicyclic) bond motifs is 1. The van der Waals surface area contributed by atoms with Crippen LogP contribution < -0.4 is 0 Å². The molecule has 0 aliphatic carbocycles. The molecule has 2 aromatic carbocycles. The SMILES string of the molecule is [CH2]n1c(-c2ccc(C(C)(C)C)cc2)nc2ccccc21. The third-order valence-corrected chi connectivity index (χ3v) is 3.66. The Bertz CT molecular complexity index is 743. The van der Waals surface area contributed by atoms with Crippen LogP contribution in [-0.2, 0) is 5.41 Å². The van der Waals surface area contributed by atoms with Crippen LogP contribution in [0.5, 0.6) is 0 Å². The van der Waals surface area contributed by atoms with Crippen molar-refractivity contribution in [2.45, 2.75) is 26.2 Å². The highest BCUT2D eigenvalue weighted by atomic mass is 15.1. The number of nitrogens with zero attached hydrogens (tertiary/aromatic N) is 2. The molecule has 0 saturated heterocycles. The lowest BCUT2D eigenvalue weighted by atomic mass is 9.87. The largest absolute Gasteiger partial charge is 0.322 e. The second kappa shape index (κ2) is 4.48. The van der Waals surface area contributed by atoms with E-state index in [2.05, 4.69) is 57.1 Å². The topological polar surface area (TPSA) is 17.8 Å². The van der Waals surface area contributed by atoms with Crippen molar-refractivity contribution in [3.63, 3.8) is 0 Å². The summed E-state index contributed by atoms with van der Waals surface area (Å²) in [7, 11) is 4.11. The molecule has 3 rings (SSSR count). The summed E-state index contributed by atoms with van der Waals surface area (Å²) >= 11 is 0. The predicted molar refractivity (Wildman–Crippen MR) is 84.6 cm³/mol. The lowest BCUT2D eigenvalue weighted by Crippen LogP contribution is -2.10. The van der Waals surface area contributed by atoms with Gasteiger partial charge in [-0.15, -0.1) is 0 Å². The molecule has 1 heterocycles. The molecule has 2 heteroatoms. The normalized spacial score (nSPS) is 12.0. The molecule has 0 fully saturated rings. The molecule has 20 heavy (non-hydrogen) atoms. The van der Waals surface area contributed by atoms with E-state index in [9.17, 15) is 0 Å². The maximum Gasteiger partial charge on any atom is 0.141 e. The zero-order chi connectivity index (χ0) is 14.3. The van der Waals surface area contributed by atoms with Crippen molar-refractivity contribution in [2.24, 2.45) is 0 Å². The summed E-state index contributed by atoms with van der Waals surface area (Å²) in [6.07, 6.45) is 0. The molecular formula is C18H19N2. The Labute approximate surface area is 120 Å². The number of hydrogen-bond acceptors (Lipinski definition) is 1. The van der Waals surface area contributed by atoms with Crippen LogP contribution in [0, 0.1) is 7.05 Å². The first kappa shape index (κ1) is 12.9. The average Bonchev–Trinajstić information content (AvgIpc) is 2.76. The zero-order valence-electron chi connectivity index (χ0n) is 12.2. The van der Waals surface area contributed by atoms with E-state index in [4.69, 9.17) is 0 Å². The number of hydrogen-bond donors (Lipinski definition) is 0.